The monoisotopic (exact) mass is 198 g/mol. The van der Waals surface area contributed by atoms with E-state index < -0.39 is 0 Å². The fourth-order valence-corrected chi connectivity index (χ4v) is 2.11. The smallest absolute Gasteiger partial charge is 0.0912 e. The molecule has 0 aromatic heterocycles. The lowest BCUT2D eigenvalue weighted by atomic mass is 9.87. The van der Waals surface area contributed by atoms with Gasteiger partial charge in [0.1, 0.15) is 0 Å². The summed E-state index contributed by atoms with van der Waals surface area (Å²) in [6.45, 7) is 0. The van der Waals surface area contributed by atoms with E-state index in [2.05, 4.69) is 12.1 Å². The molecule has 1 atom stereocenters. The Labute approximate surface area is 90.0 Å². The first-order chi connectivity index (χ1) is 7.31. The Morgan fingerprint density at radius 1 is 1.47 bits per heavy atom. The van der Waals surface area contributed by atoms with Crippen LogP contribution in [-0.2, 0) is 6.42 Å². The molecule has 0 saturated heterocycles. The number of fused-ring (bicyclic) bond motifs is 1. The maximum absolute atomic E-state index is 8.45. The Balaban J connectivity index is 2.34. The zero-order valence-corrected chi connectivity index (χ0v) is 8.61. The van der Waals surface area contributed by atoms with E-state index in [-0.39, 0.29) is 6.04 Å². The average Bonchev–Trinajstić information content (AvgIpc) is 2.26. The average molecular weight is 198 g/mol. The summed E-state index contributed by atoms with van der Waals surface area (Å²) in [5.41, 5.74) is 9.73. The molecule has 0 saturated carbocycles. The van der Waals surface area contributed by atoms with Gasteiger partial charge in [-0.1, -0.05) is 18.2 Å². The van der Waals surface area contributed by atoms with Crippen molar-refractivity contribution in [3.63, 3.8) is 0 Å². The van der Waals surface area contributed by atoms with E-state index in [9.17, 15) is 0 Å². The first kappa shape index (κ1) is 9.95. The molecule has 2 N–H and O–H groups in total. The maximum Gasteiger partial charge on any atom is 0.0912 e. The maximum atomic E-state index is 8.45. The van der Waals surface area contributed by atoms with Crippen LogP contribution in [0.3, 0.4) is 0 Å². The third-order valence-corrected chi connectivity index (χ3v) is 2.88. The van der Waals surface area contributed by atoms with Crippen molar-refractivity contribution in [1.82, 2.24) is 0 Å². The van der Waals surface area contributed by atoms with E-state index in [0.29, 0.717) is 0 Å². The van der Waals surface area contributed by atoms with Crippen LogP contribution in [0.2, 0.25) is 0 Å². The number of allylic oxidation sites excluding steroid dienone is 1. The largest absolute Gasteiger partial charge is 0.324 e. The van der Waals surface area contributed by atoms with Crippen LogP contribution in [0.25, 0.3) is 6.08 Å². The topological polar surface area (TPSA) is 49.8 Å². The van der Waals surface area contributed by atoms with Crippen LogP contribution in [-0.4, -0.2) is 0 Å². The van der Waals surface area contributed by atoms with Crippen LogP contribution < -0.4 is 5.73 Å². The van der Waals surface area contributed by atoms with Gasteiger partial charge in [0.15, 0.2) is 0 Å². The van der Waals surface area contributed by atoms with E-state index >= 15 is 0 Å². The predicted octanol–water partition coefficient (Wildman–Crippen LogP) is 2.56. The predicted molar refractivity (Wildman–Crippen MR) is 61.0 cm³/mol. The van der Waals surface area contributed by atoms with Gasteiger partial charge in [0, 0.05) is 12.1 Å². The molecule has 1 aromatic rings. The van der Waals surface area contributed by atoms with Crippen molar-refractivity contribution in [3.8, 4) is 6.07 Å². The minimum absolute atomic E-state index is 0.197. The standard InChI is InChI=1S/C13H14N2/c14-8-2-3-10-6-7-12-11(9-10)4-1-5-13(12)15/h2-3,6-7,9,13H,1,4-5,15H2/b3-2+/t13-/m0/s1. The molecule has 0 spiro atoms. The van der Waals surface area contributed by atoms with Crippen LogP contribution in [0.5, 0.6) is 0 Å². The number of hydrogen-bond acceptors (Lipinski definition) is 2. The highest BCUT2D eigenvalue weighted by Crippen LogP contribution is 2.28. The molecule has 0 aliphatic heterocycles. The fraction of sp³-hybridized carbons (Fsp3) is 0.308. The van der Waals surface area contributed by atoms with Crippen molar-refractivity contribution < 1.29 is 0 Å². The zero-order valence-electron chi connectivity index (χ0n) is 8.61. The molecule has 0 heterocycles. The second-order valence-corrected chi connectivity index (χ2v) is 3.92. The summed E-state index contributed by atoms with van der Waals surface area (Å²) >= 11 is 0. The Bertz CT molecular complexity index is 427. The van der Waals surface area contributed by atoms with E-state index in [1.54, 1.807) is 0 Å². The highest BCUT2D eigenvalue weighted by atomic mass is 14.6. The van der Waals surface area contributed by atoms with Crippen LogP contribution in [0, 0.1) is 11.3 Å². The van der Waals surface area contributed by atoms with Gasteiger partial charge in [-0.25, -0.2) is 0 Å². The molecule has 2 heteroatoms. The van der Waals surface area contributed by atoms with Gasteiger partial charge >= 0.3 is 0 Å². The fourth-order valence-electron chi connectivity index (χ4n) is 2.11. The quantitative estimate of drug-likeness (QED) is 0.705. The summed E-state index contributed by atoms with van der Waals surface area (Å²) in [4.78, 5) is 0. The molecule has 1 aromatic carbocycles. The van der Waals surface area contributed by atoms with Crippen LogP contribution in [0.1, 0.15) is 35.6 Å². The van der Waals surface area contributed by atoms with E-state index in [4.69, 9.17) is 11.0 Å². The Morgan fingerprint density at radius 3 is 3.13 bits per heavy atom. The lowest BCUT2D eigenvalue weighted by Crippen LogP contribution is -2.17. The number of nitrogens with two attached hydrogens (primary N) is 1. The molecule has 15 heavy (non-hydrogen) atoms. The number of aryl methyl sites for hydroxylation is 1. The molecule has 1 aliphatic rings. The number of benzene rings is 1. The summed E-state index contributed by atoms with van der Waals surface area (Å²) < 4.78 is 0. The molecule has 2 rings (SSSR count). The first-order valence-electron chi connectivity index (χ1n) is 5.26. The first-order valence-corrected chi connectivity index (χ1v) is 5.26. The molecule has 76 valence electrons. The second kappa shape index (κ2) is 4.29. The normalized spacial score (nSPS) is 19.9. The van der Waals surface area contributed by atoms with Crippen LogP contribution in [0.4, 0.5) is 0 Å². The molecular weight excluding hydrogens is 184 g/mol. The summed E-state index contributed by atoms with van der Waals surface area (Å²) in [5, 5.41) is 8.45. The van der Waals surface area contributed by atoms with Gasteiger partial charge in [-0.2, -0.15) is 5.26 Å². The second-order valence-electron chi connectivity index (χ2n) is 3.92. The van der Waals surface area contributed by atoms with Gasteiger partial charge in [0.05, 0.1) is 6.07 Å². The van der Waals surface area contributed by atoms with Gasteiger partial charge in [0.25, 0.3) is 0 Å². The van der Waals surface area contributed by atoms with E-state index in [1.807, 2.05) is 18.2 Å². The lowest BCUT2D eigenvalue weighted by molar-refractivity contribution is 0.570. The number of nitrogens with zero attached hydrogens (tertiary/aromatic N) is 1. The highest BCUT2D eigenvalue weighted by molar-refractivity contribution is 5.54. The zero-order chi connectivity index (χ0) is 10.7. The third kappa shape index (κ3) is 2.08. The summed E-state index contributed by atoms with van der Waals surface area (Å²) in [5.74, 6) is 0. The van der Waals surface area contributed by atoms with Gasteiger partial charge in [-0.15, -0.1) is 0 Å². The van der Waals surface area contributed by atoms with Gasteiger partial charge in [0.2, 0.25) is 0 Å². The Hall–Kier alpha value is -1.59. The minimum atomic E-state index is 0.197. The van der Waals surface area contributed by atoms with E-state index in [0.717, 1.165) is 18.4 Å². The third-order valence-electron chi connectivity index (χ3n) is 2.88. The van der Waals surface area contributed by atoms with Crippen LogP contribution in [0.15, 0.2) is 24.3 Å². The number of nitriles is 1. The minimum Gasteiger partial charge on any atom is -0.324 e. The molecule has 0 amide bonds. The van der Waals surface area contributed by atoms with Crippen molar-refractivity contribution in [2.45, 2.75) is 25.3 Å². The Morgan fingerprint density at radius 2 is 2.33 bits per heavy atom. The van der Waals surface area contributed by atoms with Crippen molar-refractivity contribution >= 4 is 6.08 Å². The van der Waals surface area contributed by atoms with Gasteiger partial charge < -0.3 is 5.73 Å². The van der Waals surface area contributed by atoms with Crippen molar-refractivity contribution in [3.05, 3.63) is 41.0 Å². The molecule has 0 unspecified atom stereocenters. The van der Waals surface area contributed by atoms with Crippen molar-refractivity contribution in [1.29, 1.82) is 5.26 Å². The van der Waals surface area contributed by atoms with Gasteiger partial charge in [-0.3, -0.25) is 0 Å². The Kier molecular flexibility index (Phi) is 2.84. The summed E-state index contributed by atoms with van der Waals surface area (Å²) in [7, 11) is 0. The molecule has 0 fully saturated rings. The summed E-state index contributed by atoms with van der Waals surface area (Å²) in [6, 6.07) is 8.46. The molecular formula is C13H14N2. The lowest BCUT2D eigenvalue weighted by Gasteiger charge is -2.22. The molecule has 0 bridgehead atoms. The van der Waals surface area contributed by atoms with Crippen molar-refractivity contribution in [2.24, 2.45) is 5.73 Å². The molecule has 2 nitrogen and oxygen atoms in total. The summed E-state index contributed by atoms with van der Waals surface area (Å²) in [6.07, 6.45) is 6.70. The van der Waals surface area contributed by atoms with Crippen LogP contribution >= 0.6 is 0 Å². The molecule has 0 radical (unpaired) electrons. The highest BCUT2D eigenvalue weighted by Gasteiger charge is 2.15. The van der Waals surface area contributed by atoms with Gasteiger partial charge in [-0.05, 0) is 42.0 Å². The number of hydrogen-bond donors (Lipinski definition) is 1. The van der Waals surface area contributed by atoms with E-state index in [1.165, 1.54) is 23.6 Å². The van der Waals surface area contributed by atoms with Crippen molar-refractivity contribution in [2.75, 3.05) is 0 Å². The SMILES string of the molecule is N#C/C=C/c1ccc2c(c1)CCC[C@@H]2N. The number of rotatable bonds is 1. The molecule has 1 aliphatic carbocycles.